The van der Waals surface area contributed by atoms with Gasteiger partial charge < -0.3 is 9.84 Å². The SMILES string of the molecule is Cc1ccc(C)c(S(=O)(=O)NCCNC(=O)c2cc(-c3ccccc3F)nc3onc(C)c23)c1. The van der Waals surface area contributed by atoms with E-state index in [1.165, 1.54) is 12.1 Å². The maximum absolute atomic E-state index is 14.3. The van der Waals surface area contributed by atoms with E-state index in [2.05, 4.69) is 20.2 Å². The van der Waals surface area contributed by atoms with Gasteiger partial charge in [0.2, 0.25) is 10.0 Å². The van der Waals surface area contributed by atoms with Crippen LogP contribution in [0.3, 0.4) is 0 Å². The van der Waals surface area contributed by atoms with Gasteiger partial charge in [-0.05, 0) is 56.2 Å². The molecule has 176 valence electrons. The number of benzene rings is 2. The van der Waals surface area contributed by atoms with Crippen molar-refractivity contribution >= 4 is 27.0 Å². The monoisotopic (exact) mass is 482 g/mol. The number of pyridine rings is 1. The van der Waals surface area contributed by atoms with Crippen LogP contribution in [0.4, 0.5) is 4.39 Å². The summed E-state index contributed by atoms with van der Waals surface area (Å²) in [5, 5.41) is 6.98. The Morgan fingerprint density at radius 3 is 2.59 bits per heavy atom. The molecular weight excluding hydrogens is 459 g/mol. The highest BCUT2D eigenvalue weighted by Gasteiger charge is 2.21. The predicted molar refractivity (Wildman–Crippen MR) is 125 cm³/mol. The van der Waals surface area contributed by atoms with Crippen LogP contribution in [0.5, 0.6) is 0 Å². The lowest BCUT2D eigenvalue weighted by Crippen LogP contribution is -2.35. The average Bonchev–Trinajstić information content (AvgIpc) is 3.18. The van der Waals surface area contributed by atoms with Gasteiger partial charge in [0, 0.05) is 18.7 Å². The fraction of sp³-hybridized carbons (Fsp3) is 0.208. The van der Waals surface area contributed by atoms with Gasteiger partial charge in [0.15, 0.2) is 0 Å². The van der Waals surface area contributed by atoms with Crippen molar-refractivity contribution in [3.8, 4) is 11.3 Å². The van der Waals surface area contributed by atoms with Crippen molar-refractivity contribution in [2.75, 3.05) is 13.1 Å². The molecule has 2 heterocycles. The first-order valence-electron chi connectivity index (χ1n) is 10.5. The molecule has 8 nitrogen and oxygen atoms in total. The number of rotatable bonds is 7. The fourth-order valence-electron chi connectivity index (χ4n) is 3.61. The lowest BCUT2D eigenvalue weighted by Gasteiger charge is -2.11. The first-order chi connectivity index (χ1) is 16.2. The molecule has 0 unspecified atom stereocenters. The third kappa shape index (κ3) is 4.68. The predicted octanol–water partition coefficient (Wildman–Crippen LogP) is 3.66. The van der Waals surface area contributed by atoms with E-state index in [4.69, 9.17) is 4.52 Å². The zero-order chi connectivity index (χ0) is 24.5. The summed E-state index contributed by atoms with van der Waals surface area (Å²) >= 11 is 0. The van der Waals surface area contributed by atoms with Gasteiger partial charge in [-0.15, -0.1) is 0 Å². The first-order valence-corrected chi connectivity index (χ1v) is 12.0. The number of sulfonamides is 1. The minimum atomic E-state index is -3.73. The Balaban J connectivity index is 1.53. The number of nitrogens with zero attached hydrogens (tertiary/aromatic N) is 2. The lowest BCUT2D eigenvalue weighted by molar-refractivity contribution is 0.0956. The Kier molecular flexibility index (Phi) is 6.45. The van der Waals surface area contributed by atoms with Crippen molar-refractivity contribution in [1.29, 1.82) is 0 Å². The van der Waals surface area contributed by atoms with E-state index < -0.39 is 21.7 Å². The molecule has 0 saturated carbocycles. The van der Waals surface area contributed by atoms with Crippen molar-refractivity contribution in [2.45, 2.75) is 25.7 Å². The van der Waals surface area contributed by atoms with Crippen molar-refractivity contribution in [3.05, 3.63) is 76.7 Å². The van der Waals surface area contributed by atoms with Crippen molar-refractivity contribution in [1.82, 2.24) is 20.2 Å². The zero-order valence-electron chi connectivity index (χ0n) is 18.8. The number of fused-ring (bicyclic) bond motifs is 1. The second kappa shape index (κ2) is 9.32. The van der Waals surface area contributed by atoms with E-state index in [0.29, 0.717) is 16.6 Å². The highest BCUT2D eigenvalue weighted by Crippen LogP contribution is 2.28. The molecular formula is C24H23FN4O4S. The highest BCUT2D eigenvalue weighted by atomic mass is 32.2. The van der Waals surface area contributed by atoms with Crippen molar-refractivity contribution in [3.63, 3.8) is 0 Å². The molecule has 4 aromatic rings. The number of carbonyl (C=O) groups excluding carboxylic acids is 1. The van der Waals surface area contributed by atoms with Crippen LogP contribution in [0, 0.1) is 26.6 Å². The number of aryl methyl sites for hydroxylation is 3. The lowest BCUT2D eigenvalue weighted by atomic mass is 10.0. The second-order valence-corrected chi connectivity index (χ2v) is 9.64. The van der Waals surface area contributed by atoms with Crippen LogP contribution in [-0.4, -0.2) is 37.6 Å². The maximum atomic E-state index is 14.3. The summed E-state index contributed by atoms with van der Waals surface area (Å²) < 4.78 is 47.3. The largest absolute Gasteiger partial charge is 0.351 e. The van der Waals surface area contributed by atoms with Crippen LogP contribution in [0.25, 0.3) is 22.4 Å². The molecule has 10 heteroatoms. The van der Waals surface area contributed by atoms with Gasteiger partial charge in [-0.1, -0.05) is 29.4 Å². The van der Waals surface area contributed by atoms with Crippen LogP contribution < -0.4 is 10.0 Å². The van der Waals surface area contributed by atoms with Gasteiger partial charge in [0.1, 0.15) is 5.82 Å². The fourth-order valence-corrected chi connectivity index (χ4v) is 4.97. The average molecular weight is 483 g/mol. The zero-order valence-corrected chi connectivity index (χ0v) is 19.7. The van der Waals surface area contributed by atoms with Crippen LogP contribution in [-0.2, 0) is 10.0 Å². The Labute approximate surface area is 196 Å². The molecule has 0 aliphatic heterocycles. The number of carbonyl (C=O) groups is 1. The summed E-state index contributed by atoms with van der Waals surface area (Å²) in [4.78, 5) is 17.5. The Morgan fingerprint density at radius 1 is 1.06 bits per heavy atom. The molecule has 0 atom stereocenters. The molecule has 4 rings (SSSR count). The van der Waals surface area contributed by atoms with Gasteiger partial charge in [0.25, 0.3) is 11.6 Å². The topological polar surface area (TPSA) is 114 Å². The van der Waals surface area contributed by atoms with E-state index in [1.807, 2.05) is 13.0 Å². The maximum Gasteiger partial charge on any atom is 0.259 e. The Morgan fingerprint density at radius 2 is 1.82 bits per heavy atom. The molecule has 0 aliphatic carbocycles. The summed E-state index contributed by atoms with van der Waals surface area (Å²) in [5.41, 5.74) is 2.68. The Hall–Kier alpha value is -3.63. The summed E-state index contributed by atoms with van der Waals surface area (Å²) in [7, 11) is -3.73. The van der Waals surface area contributed by atoms with Gasteiger partial charge in [0.05, 0.1) is 27.2 Å². The van der Waals surface area contributed by atoms with Gasteiger partial charge in [-0.25, -0.2) is 22.5 Å². The summed E-state index contributed by atoms with van der Waals surface area (Å²) in [6.07, 6.45) is 0. The van der Waals surface area contributed by atoms with Crippen LogP contribution in [0.15, 0.2) is 57.9 Å². The number of nitrogens with one attached hydrogen (secondary N) is 2. The third-order valence-corrected chi connectivity index (χ3v) is 6.95. The van der Waals surface area contributed by atoms with Crippen molar-refractivity contribution in [2.24, 2.45) is 0 Å². The molecule has 1 amide bonds. The van der Waals surface area contributed by atoms with Crippen LogP contribution in [0.2, 0.25) is 0 Å². The second-order valence-electron chi connectivity index (χ2n) is 7.91. The number of halogens is 1. The number of hydrogen-bond donors (Lipinski definition) is 2. The van der Waals surface area contributed by atoms with Gasteiger partial charge in [-0.3, -0.25) is 4.79 Å². The summed E-state index contributed by atoms with van der Waals surface area (Å²) in [6, 6.07) is 12.7. The number of amides is 1. The summed E-state index contributed by atoms with van der Waals surface area (Å²) in [6.45, 7) is 5.23. The van der Waals surface area contributed by atoms with E-state index >= 15 is 0 Å². The van der Waals surface area contributed by atoms with E-state index in [-0.39, 0.29) is 40.5 Å². The number of hydrogen-bond acceptors (Lipinski definition) is 6. The standard InChI is InChI=1S/C24H23FN4O4S/c1-14-8-9-15(2)21(12-14)34(31,32)27-11-10-26-23(30)18-13-20(17-6-4-5-7-19(17)25)28-24-22(18)16(3)29-33-24/h4-9,12-13,27H,10-11H2,1-3H3,(H,26,30). The molecule has 2 aromatic heterocycles. The molecule has 0 radical (unpaired) electrons. The summed E-state index contributed by atoms with van der Waals surface area (Å²) in [5.74, 6) is -0.972. The third-order valence-electron chi connectivity index (χ3n) is 5.35. The van der Waals surface area contributed by atoms with Crippen LogP contribution >= 0.6 is 0 Å². The van der Waals surface area contributed by atoms with E-state index in [0.717, 1.165) is 5.56 Å². The molecule has 2 aromatic carbocycles. The minimum absolute atomic E-state index is 0.0154. The highest BCUT2D eigenvalue weighted by molar-refractivity contribution is 7.89. The smallest absolute Gasteiger partial charge is 0.259 e. The van der Waals surface area contributed by atoms with Crippen molar-refractivity contribution < 1.29 is 22.1 Å². The van der Waals surface area contributed by atoms with E-state index in [9.17, 15) is 17.6 Å². The normalized spacial score (nSPS) is 11.6. The minimum Gasteiger partial charge on any atom is -0.351 e. The number of aromatic nitrogens is 2. The van der Waals surface area contributed by atoms with Crippen LogP contribution in [0.1, 0.15) is 27.2 Å². The molecule has 34 heavy (non-hydrogen) atoms. The Bertz CT molecular complexity index is 1500. The first kappa shape index (κ1) is 23.5. The van der Waals surface area contributed by atoms with E-state index in [1.54, 1.807) is 44.2 Å². The molecule has 2 N–H and O–H groups in total. The quantitative estimate of drug-likeness (QED) is 0.389. The molecule has 0 saturated heterocycles. The molecule has 0 spiro atoms. The molecule has 0 bridgehead atoms. The van der Waals surface area contributed by atoms with Gasteiger partial charge >= 0.3 is 0 Å². The molecule has 0 fully saturated rings. The van der Waals surface area contributed by atoms with Gasteiger partial charge in [-0.2, -0.15) is 0 Å². The molecule has 0 aliphatic rings.